The van der Waals surface area contributed by atoms with E-state index in [1.54, 1.807) is 12.1 Å². The van der Waals surface area contributed by atoms with Gasteiger partial charge in [-0.3, -0.25) is 9.10 Å². The Morgan fingerprint density at radius 1 is 0.967 bits per heavy atom. The number of rotatable bonds is 9. The molecule has 9 heteroatoms. The number of para-hydroxylation sites is 1. The van der Waals surface area contributed by atoms with Gasteiger partial charge in [0.25, 0.3) is 0 Å². The first-order valence-corrected chi connectivity index (χ1v) is 11.1. The summed E-state index contributed by atoms with van der Waals surface area (Å²) in [4.78, 5) is 12.6. The highest BCUT2D eigenvalue weighted by Gasteiger charge is 2.24. The van der Waals surface area contributed by atoms with Crippen molar-refractivity contribution in [1.82, 2.24) is 5.32 Å². The number of anilines is 1. The molecule has 1 N–H and O–H groups in total. The summed E-state index contributed by atoms with van der Waals surface area (Å²) >= 11 is 0. The zero-order valence-corrected chi connectivity index (χ0v) is 18.9. The number of carbonyl (C=O) groups excluding carboxylic acids is 1. The molecular weight excluding hydrogens is 408 g/mol. The number of carbonyl (C=O) groups is 1. The average Bonchev–Trinajstić information content (AvgIpc) is 2.69. The monoisotopic (exact) mass is 436 g/mol. The van der Waals surface area contributed by atoms with Crippen molar-refractivity contribution in [1.29, 1.82) is 0 Å². The van der Waals surface area contributed by atoms with Crippen LogP contribution < -0.4 is 23.8 Å². The topological polar surface area (TPSA) is 94.2 Å². The Balaban J connectivity index is 2.24. The van der Waals surface area contributed by atoms with Crippen LogP contribution in [0.5, 0.6) is 17.2 Å². The van der Waals surface area contributed by atoms with Gasteiger partial charge >= 0.3 is 0 Å². The molecule has 0 heterocycles. The molecule has 0 unspecified atom stereocenters. The maximum absolute atomic E-state index is 12.6. The van der Waals surface area contributed by atoms with Gasteiger partial charge in [0.2, 0.25) is 21.7 Å². The fraction of sp³-hybridized carbons (Fsp3) is 0.381. The maximum Gasteiger partial charge on any atom is 0.241 e. The van der Waals surface area contributed by atoms with Crippen molar-refractivity contribution >= 4 is 21.6 Å². The molecule has 0 radical (unpaired) electrons. The molecule has 2 aromatic rings. The van der Waals surface area contributed by atoms with Crippen LogP contribution in [0, 0.1) is 13.8 Å². The van der Waals surface area contributed by atoms with Gasteiger partial charge in [-0.05, 0) is 37.1 Å². The molecule has 0 bridgehead atoms. The van der Waals surface area contributed by atoms with Gasteiger partial charge in [0.15, 0.2) is 11.5 Å². The fourth-order valence-corrected chi connectivity index (χ4v) is 4.22. The summed E-state index contributed by atoms with van der Waals surface area (Å²) in [6.07, 6.45) is 1.09. The summed E-state index contributed by atoms with van der Waals surface area (Å²) in [5, 5.41) is 2.75. The van der Waals surface area contributed by atoms with E-state index in [4.69, 9.17) is 14.2 Å². The third-order valence-electron chi connectivity index (χ3n) is 4.64. The minimum absolute atomic E-state index is 0.132. The molecule has 0 saturated heterocycles. The quantitative estimate of drug-likeness (QED) is 0.649. The van der Waals surface area contributed by atoms with E-state index in [9.17, 15) is 13.2 Å². The highest BCUT2D eigenvalue weighted by molar-refractivity contribution is 7.92. The zero-order chi connectivity index (χ0) is 22.5. The van der Waals surface area contributed by atoms with Gasteiger partial charge in [-0.1, -0.05) is 18.2 Å². The average molecular weight is 437 g/mol. The van der Waals surface area contributed by atoms with Gasteiger partial charge in [-0.15, -0.1) is 0 Å². The van der Waals surface area contributed by atoms with E-state index < -0.39 is 15.9 Å². The lowest BCUT2D eigenvalue weighted by Crippen LogP contribution is -2.40. The Hall–Kier alpha value is -2.94. The molecule has 0 atom stereocenters. The molecule has 0 aromatic heterocycles. The van der Waals surface area contributed by atoms with Crippen molar-refractivity contribution in [3.63, 3.8) is 0 Å². The van der Waals surface area contributed by atoms with E-state index in [2.05, 4.69) is 5.32 Å². The highest BCUT2D eigenvalue weighted by atomic mass is 32.2. The van der Waals surface area contributed by atoms with E-state index >= 15 is 0 Å². The van der Waals surface area contributed by atoms with Crippen LogP contribution in [-0.2, 0) is 21.4 Å². The van der Waals surface area contributed by atoms with Crippen LogP contribution in [0.15, 0.2) is 30.3 Å². The molecular formula is C21H28N2O6S. The van der Waals surface area contributed by atoms with Crippen LogP contribution in [-0.4, -0.2) is 48.5 Å². The molecule has 0 saturated carbocycles. The number of ether oxygens (including phenoxy) is 3. The minimum Gasteiger partial charge on any atom is -0.493 e. The molecule has 0 aliphatic carbocycles. The summed E-state index contributed by atoms with van der Waals surface area (Å²) in [6, 6.07) is 8.93. The number of amides is 1. The van der Waals surface area contributed by atoms with E-state index in [0.717, 1.165) is 21.7 Å². The Morgan fingerprint density at radius 2 is 1.57 bits per heavy atom. The molecule has 0 aliphatic heterocycles. The van der Waals surface area contributed by atoms with Gasteiger partial charge < -0.3 is 19.5 Å². The number of sulfonamides is 1. The summed E-state index contributed by atoms with van der Waals surface area (Å²) in [6.45, 7) is 3.42. The summed E-state index contributed by atoms with van der Waals surface area (Å²) < 4.78 is 41.9. The lowest BCUT2D eigenvalue weighted by Gasteiger charge is -2.25. The number of methoxy groups -OCH3 is 3. The predicted molar refractivity (Wildman–Crippen MR) is 116 cm³/mol. The summed E-state index contributed by atoms with van der Waals surface area (Å²) in [5.74, 6) is 0.912. The molecule has 30 heavy (non-hydrogen) atoms. The van der Waals surface area contributed by atoms with Crippen LogP contribution in [0.25, 0.3) is 0 Å². The zero-order valence-electron chi connectivity index (χ0n) is 18.1. The van der Waals surface area contributed by atoms with Crippen molar-refractivity contribution in [2.75, 3.05) is 38.4 Å². The largest absolute Gasteiger partial charge is 0.493 e. The Bertz CT molecular complexity index is 1000. The van der Waals surface area contributed by atoms with Gasteiger partial charge in [0.1, 0.15) is 6.54 Å². The molecule has 0 fully saturated rings. The van der Waals surface area contributed by atoms with Crippen molar-refractivity contribution in [3.05, 3.63) is 47.0 Å². The second-order valence-electron chi connectivity index (χ2n) is 6.78. The molecule has 164 valence electrons. The van der Waals surface area contributed by atoms with Crippen molar-refractivity contribution in [2.24, 2.45) is 0 Å². The third kappa shape index (κ3) is 5.15. The molecule has 2 aromatic carbocycles. The number of hydrogen-bond donors (Lipinski definition) is 1. The van der Waals surface area contributed by atoms with E-state index in [0.29, 0.717) is 28.5 Å². The molecule has 1 amide bonds. The van der Waals surface area contributed by atoms with Crippen molar-refractivity contribution < 1.29 is 27.4 Å². The lowest BCUT2D eigenvalue weighted by atomic mass is 10.1. The van der Waals surface area contributed by atoms with Crippen LogP contribution in [0.3, 0.4) is 0 Å². The Labute approximate surface area is 177 Å². The number of nitrogens with zero attached hydrogens (tertiary/aromatic N) is 1. The fourth-order valence-electron chi connectivity index (χ4n) is 3.24. The normalized spacial score (nSPS) is 11.0. The first kappa shape index (κ1) is 23.3. The number of hydrogen-bond acceptors (Lipinski definition) is 6. The van der Waals surface area contributed by atoms with Gasteiger partial charge in [-0.2, -0.15) is 0 Å². The SMILES string of the molecule is COc1ccc(CNC(=O)CN(c2c(C)cccc2C)S(C)(=O)=O)c(OC)c1OC. The standard InChI is InChI=1S/C21H28N2O6S/c1-14-8-7-9-15(2)19(14)23(30(6,25)26)13-18(24)22-12-16-10-11-17(27-3)21(29-5)20(16)28-4/h7-11H,12-13H2,1-6H3,(H,22,24). The predicted octanol–water partition coefficient (Wildman–Crippen LogP) is 2.41. The van der Waals surface area contributed by atoms with Gasteiger partial charge in [-0.25, -0.2) is 8.42 Å². The summed E-state index contributed by atoms with van der Waals surface area (Å²) in [5.41, 5.74) is 2.73. The molecule has 0 aliphatic rings. The Kier molecular flexibility index (Phi) is 7.55. The van der Waals surface area contributed by atoms with E-state index in [1.807, 2.05) is 32.0 Å². The maximum atomic E-state index is 12.6. The van der Waals surface area contributed by atoms with Gasteiger partial charge in [0, 0.05) is 12.1 Å². The number of benzene rings is 2. The second kappa shape index (κ2) is 9.71. The van der Waals surface area contributed by atoms with Crippen molar-refractivity contribution in [2.45, 2.75) is 20.4 Å². The van der Waals surface area contributed by atoms with Crippen LogP contribution in [0.4, 0.5) is 5.69 Å². The van der Waals surface area contributed by atoms with Crippen LogP contribution in [0.2, 0.25) is 0 Å². The number of nitrogens with one attached hydrogen (secondary N) is 1. The van der Waals surface area contributed by atoms with Crippen LogP contribution in [0.1, 0.15) is 16.7 Å². The molecule has 8 nitrogen and oxygen atoms in total. The summed E-state index contributed by atoms with van der Waals surface area (Å²) in [7, 11) is 0.850. The number of aryl methyl sites for hydroxylation is 2. The van der Waals surface area contributed by atoms with E-state index in [1.165, 1.54) is 21.3 Å². The first-order chi connectivity index (χ1) is 14.1. The van der Waals surface area contributed by atoms with E-state index in [-0.39, 0.29) is 13.1 Å². The first-order valence-electron chi connectivity index (χ1n) is 9.22. The molecule has 2 rings (SSSR count). The lowest BCUT2D eigenvalue weighted by molar-refractivity contribution is -0.119. The molecule has 0 spiro atoms. The Morgan fingerprint density at radius 3 is 2.07 bits per heavy atom. The van der Waals surface area contributed by atoms with Crippen LogP contribution >= 0.6 is 0 Å². The highest BCUT2D eigenvalue weighted by Crippen LogP contribution is 2.39. The third-order valence-corrected chi connectivity index (χ3v) is 5.75. The van der Waals surface area contributed by atoms with Gasteiger partial charge in [0.05, 0.1) is 33.3 Å². The second-order valence-corrected chi connectivity index (χ2v) is 8.69. The van der Waals surface area contributed by atoms with Crippen molar-refractivity contribution in [3.8, 4) is 17.2 Å². The smallest absolute Gasteiger partial charge is 0.241 e. The minimum atomic E-state index is -3.66.